The smallest absolute Gasteiger partial charge is 0.421 e. The molecule has 1 spiro atoms. The summed E-state index contributed by atoms with van der Waals surface area (Å²) in [6.07, 6.45) is 1.34. The summed E-state index contributed by atoms with van der Waals surface area (Å²) < 4.78 is 18.2. The lowest BCUT2D eigenvalue weighted by atomic mass is 9.65. The van der Waals surface area contributed by atoms with Gasteiger partial charge in [0.15, 0.2) is 0 Å². The predicted molar refractivity (Wildman–Crippen MR) is 245 cm³/mol. The van der Waals surface area contributed by atoms with Crippen LogP contribution in [0.25, 0.3) is 0 Å². The van der Waals surface area contributed by atoms with Gasteiger partial charge in [-0.2, -0.15) is 0 Å². The number of aliphatic hydroxyl groups excluding tert-OH is 1. The maximum absolute atomic E-state index is 16.4. The van der Waals surface area contributed by atoms with Gasteiger partial charge in [-0.25, -0.2) is 19.7 Å². The van der Waals surface area contributed by atoms with E-state index in [-0.39, 0.29) is 44.3 Å². The first-order valence-electron chi connectivity index (χ1n) is 22.3. The number of nitro groups is 1. The van der Waals surface area contributed by atoms with Crippen LogP contribution in [0.2, 0.25) is 0 Å². The number of non-ortho nitro benzene ring substituents is 1. The van der Waals surface area contributed by atoms with Crippen molar-refractivity contribution in [1.82, 2.24) is 19.8 Å². The first-order valence-corrected chi connectivity index (χ1v) is 22.3. The molecule has 10 rings (SSSR count). The quantitative estimate of drug-likeness (QED) is 0.0888. The number of hydrogen-bond acceptors (Lipinski definition) is 14. The highest BCUT2D eigenvalue weighted by Crippen LogP contribution is 2.66. The largest absolute Gasteiger partial charge is 0.491 e. The zero-order chi connectivity index (χ0) is 46.9. The van der Waals surface area contributed by atoms with E-state index in [2.05, 4.69) is 9.97 Å². The van der Waals surface area contributed by atoms with Crippen LogP contribution in [0.5, 0.6) is 5.75 Å². The van der Waals surface area contributed by atoms with Gasteiger partial charge in [-0.3, -0.25) is 29.4 Å². The van der Waals surface area contributed by atoms with Crippen LogP contribution in [0.4, 0.5) is 22.1 Å². The minimum atomic E-state index is -1.98. The number of hydrogen-bond donors (Lipinski definition) is 1. The van der Waals surface area contributed by atoms with Gasteiger partial charge in [-0.05, 0) is 64.2 Å². The molecule has 17 nitrogen and oxygen atoms in total. The van der Waals surface area contributed by atoms with Gasteiger partial charge in [0.2, 0.25) is 17.8 Å². The molecule has 0 radical (unpaired) electrons. The van der Waals surface area contributed by atoms with Crippen molar-refractivity contribution in [3.8, 4) is 5.75 Å². The predicted octanol–water partition coefficient (Wildman–Crippen LogP) is 6.11. The highest BCUT2D eigenvalue weighted by Gasteiger charge is 2.76. The van der Waals surface area contributed by atoms with Gasteiger partial charge in [0.25, 0.3) is 5.69 Å². The van der Waals surface area contributed by atoms with Gasteiger partial charge in [-0.15, -0.1) is 0 Å². The number of aromatic nitrogens is 2. The Balaban J connectivity index is 1.16. The maximum Gasteiger partial charge on any atom is 0.421 e. The van der Waals surface area contributed by atoms with Crippen molar-refractivity contribution in [2.75, 3.05) is 49.2 Å². The summed E-state index contributed by atoms with van der Waals surface area (Å²) in [7, 11) is 0. The second-order valence-electron chi connectivity index (χ2n) is 16.9. The maximum atomic E-state index is 16.4. The number of anilines is 2. The third-order valence-corrected chi connectivity index (χ3v) is 13.3. The summed E-state index contributed by atoms with van der Waals surface area (Å²) in [5.74, 6) is -2.49. The molecule has 0 bridgehead atoms. The van der Waals surface area contributed by atoms with E-state index >= 15 is 14.4 Å². The fourth-order valence-electron chi connectivity index (χ4n) is 10.4. The van der Waals surface area contributed by atoms with Crippen LogP contribution in [0, 0.1) is 16.0 Å². The minimum absolute atomic E-state index is 0.0324. The molecule has 3 fully saturated rings. The summed E-state index contributed by atoms with van der Waals surface area (Å²) in [5, 5.41) is 20.9. The van der Waals surface area contributed by atoms with Crippen LogP contribution in [-0.2, 0) is 35.9 Å². The zero-order valence-corrected chi connectivity index (χ0v) is 36.5. The van der Waals surface area contributed by atoms with Crippen LogP contribution in [0.15, 0.2) is 152 Å². The summed E-state index contributed by atoms with van der Waals surface area (Å²) in [5.41, 5.74) is 0.813. The first-order chi connectivity index (χ1) is 33.2. The lowest BCUT2D eigenvalue weighted by Gasteiger charge is -2.46. The molecule has 4 aliphatic rings. The summed E-state index contributed by atoms with van der Waals surface area (Å²) in [6.45, 7) is 0.620. The number of piperazine rings is 1. The Morgan fingerprint density at radius 2 is 1.41 bits per heavy atom. The number of nitro benzene ring substituents is 1. The fraction of sp³-hybridized carbons (Fsp3) is 0.255. The number of esters is 1. The third kappa shape index (κ3) is 7.54. The van der Waals surface area contributed by atoms with Crippen LogP contribution in [-0.4, -0.2) is 99.1 Å². The van der Waals surface area contributed by atoms with Crippen molar-refractivity contribution in [1.29, 1.82) is 0 Å². The van der Waals surface area contributed by atoms with Crippen molar-refractivity contribution in [3.63, 3.8) is 0 Å². The van der Waals surface area contributed by atoms with Gasteiger partial charge in [0, 0.05) is 50.7 Å². The van der Waals surface area contributed by atoms with E-state index in [1.165, 1.54) is 24.3 Å². The van der Waals surface area contributed by atoms with Gasteiger partial charge in [-0.1, -0.05) is 91.0 Å². The summed E-state index contributed by atoms with van der Waals surface area (Å²) in [4.78, 5) is 88.6. The number of ether oxygens (including phenoxy) is 3. The molecule has 1 aromatic heterocycles. The topological polar surface area (TPSA) is 198 Å². The summed E-state index contributed by atoms with van der Waals surface area (Å²) >= 11 is 0. The molecule has 0 aliphatic carbocycles. The Morgan fingerprint density at radius 1 is 0.765 bits per heavy atom. The van der Waals surface area contributed by atoms with E-state index in [4.69, 9.17) is 14.2 Å². The molecular weight excluding hydrogens is 871 g/mol. The van der Waals surface area contributed by atoms with Gasteiger partial charge >= 0.3 is 12.1 Å². The van der Waals surface area contributed by atoms with Crippen molar-refractivity contribution >= 4 is 41.2 Å². The Hall–Kier alpha value is -8.02. The van der Waals surface area contributed by atoms with Crippen LogP contribution < -0.4 is 14.5 Å². The number of rotatable bonds is 11. The normalized spacial score (nSPS) is 23.2. The van der Waals surface area contributed by atoms with Crippen molar-refractivity contribution < 1.29 is 43.4 Å². The van der Waals surface area contributed by atoms with Gasteiger partial charge in [0.1, 0.15) is 36.5 Å². The number of carbonyl (C=O) groups is 4. The molecule has 6 aromatic rings. The van der Waals surface area contributed by atoms with E-state index in [1.807, 2.05) is 70.5 Å². The number of cyclic esters (lactones) is 1. The first kappa shape index (κ1) is 43.9. The highest BCUT2D eigenvalue weighted by atomic mass is 16.6. The molecule has 4 aliphatic heterocycles. The number of aliphatic hydroxyl groups is 1. The van der Waals surface area contributed by atoms with Crippen molar-refractivity contribution in [2.24, 2.45) is 5.92 Å². The second kappa shape index (κ2) is 18.3. The van der Waals surface area contributed by atoms with Crippen LogP contribution in [0.3, 0.4) is 0 Å². The van der Waals surface area contributed by atoms with Crippen molar-refractivity contribution in [3.05, 3.63) is 190 Å². The number of fused-ring (bicyclic) bond motifs is 3. The lowest BCUT2D eigenvalue weighted by molar-refractivity contribution is -0.384. The number of benzene rings is 5. The van der Waals surface area contributed by atoms with E-state index in [0.717, 1.165) is 10.5 Å². The number of para-hydroxylation sites is 1. The average Bonchev–Trinajstić information content (AvgIpc) is 3.84. The van der Waals surface area contributed by atoms with Gasteiger partial charge < -0.3 is 29.1 Å². The molecule has 1 N–H and O–H groups in total. The van der Waals surface area contributed by atoms with Crippen LogP contribution >= 0.6 is 0 Å². The molecule has 17 heteroatoms. The molecule has 68 heavy (non-hydrogen) atoms. The number of amides is 3. The molecule has 0 unspecified atom stereocenters. The molecule has 3 saturated heterocycles. The van der Waals surface area contributed by atoms with E-state index in [0.29, 0.717) is 47.0 Å². The van der Waals surface area contributed by atoms with E-state index in [1.54, 1.807) is 71.9 Å². The molecule has 5 aromatic carbocycles. The SMILES string of the molecule is O=C1O[C@H](c2ccccc2)[C@H](c2ccccc2)N2[C@H]1[C@@H](C(=O)N1CCN(c3ncccn3)CC1)[C@]1(C(=O)N(C(=O)OCc3ccc([N+](=O)[O-])cc3)c3ccccc31)[C@H]2c1ccc(OCCO)cc1. The monoisotopic (exact) mass is 915 g/mol. The number of nitrogens with zero attached hydrogens (tertiary/aromatic N) is 7. The number of morpholine rings is 1. The molecule has 344 valence electrons. The standard InChI is InChI=1S/C51H45N7O10/c59-30-31-66-38-22-18-36(19-23-38)45-51(39-14-7-8-15-40(39)56(48(51)62)50(63)67-32-33-16-20-37(21-17-33)58(64)65)41(46(60)54-26-28-55(29-27-54)49-52-24-9-25-53-49)43-47(61)68-44(35-12-5-2-6-13-35)42(57(43)45)34-10-3-1-4-11-34/h1-25,41-45,59H,26-32H2/t41-,42-,43-,44+,45+,51-/m0/s1. The van der Waals surface area contributed by atoms with E-state index < -0.39 is 64.4 Å². The molecule has 6 atom stereocenters. The molecular formula is C51H45N7O10. The fourth-order valence-corrected chi connectivity index (χ4v) is 10.4. The average molecular weight is 916 g/mol. The second-order valence-corrected chi connectivity index (χ2v) is 16.9. The molecule has 3 amide bonds. The summed E-state index contributed by atoms with van der Waals surface area (Å²) in [6, 6.07) is 36.6. The minimum Gasteiger partial charge on any atom is -0.491 e. The molecule has 0 saturated carbocycles. The van der Waals surface area contributed by atoms with Crippen molar-refractivity contribution in [2.45, 2.75) is 36.3 Å². The Bertz CT molecular complexity index is 2830. The Labute approximate surface area is 390 Å². The number of imide groups is 1. The van der Waals surface area contributed by atoms with Gasteiger partial charge in [0.05, 0.1) is 35.2 Å². The zero-order valence-electron chi connectivity index (χ0n) is 36.5. The Kier molecular flexibility index (Phi) is 11.8. The van der Waals surface area contributed by atoms with Crippen LogP contribution in [0.1, 0.15) is 46.0 Å². The van der Waals surface area contributed by atoms with E-state index in [9.17, 15) is 20.0 Å². The lowest BCUT2D eigenvalue weighted by Crippen LogP contribution is -2.59. The third-order valence-electron chi connectivity index (χ3n) is 13.3. The molecule has 5 heterocycles. The number of carbonyl (C=O) groups excluding carboxylic acids is 4. The highest BCUT2D eigenvalue weighted by molar-refractivity contribution is 6.23. The Morgan fingerprint density at radius 3 is 2.07 bits per heavy atom.